The number of rotatable bonds is 6. The first-order valence-corrected chi connectivity index (χ1v) is 11.5. The van der Waals surface area contributed by atoms with Gasteiger partial charge in [0.1, 0.15) is 5.75 Å². The SMILES string of the molecule is CCCOc1ccc2c(-c3c(-c4ccc(O)c(O)c4)c[nH]c3-c3cccs3)cccc2c1. The van der Waals surface area contributed by atoms with E-state index in [0.29, 0.717) is 6.61 Å². The molecule has 160 valence electrons. The molecule has 0 aliphatic rings. The molecule has 0 aliphatic heterocycles. The summed E-state index contributed by atoms with van der Waals surface area (Å²) < 4.78 is 5.84. The van der Waals surface area contributed by atoms with Crippen molar-refractivity contribution in [2.75, 3.05) is 6.61 Å². The average Bonchev–Trinajstić information content (AvgIpc) is 3.49. The summed E-state index contributed by atoms with van der Waals surface area (Å²) in [5.74, 6) is 0.602. The van der Waals surface area contributed by atoms with Crippen LogP contribution >= 0.6 is 11.3 Å². The maximum absolute atomic E-state index is 10.1. The lowest BCUT2D eigenvalue weighted by Crippen LogP contribution is -1.94. The summed E-state index contributed by atoms with van der Waals surface area (Å²) >= 11 is 1.68. The molecule has 4 nitrogen and oxygen atoms in total. The van der Waals surface area contributed by atoms with Crippen LogP contribution in [0.5, 0.6) is 17.2 Å². The fraction of sp³-hybridized carbons (Fsp3) is 0.111. The summed E-state index contributed by atoms with van der Waals surface area (Å²) in [4.78, 5) is 4.59. The molecule has 2 aromatic heterocycles. The number of nitrogens with one attached hydrogen (secondary N) is 1. The summed E-state index contributed by atoms with van der Waals surface area (Å²) in [5.41, 5.74) is 4.97. The van der Waals surface area contributed by atoms with Crippen molar-refractivity contribution in [3.05, 3.63) is 78.3 Å². The highest BCUT2D eigenvalue weighted by Crippen LogP contribution is 2.45. The van der Waals surface area contributed by atoms with E-state index < -0.39 is 0 Å². The molecule has 0 fully saturated rings. The van der Waals surface area contributed by atoms with Gasteiger partial charge in [0.05, 0.1) is 17.2 Å². The Morgan fingerprint density at radius 3 is 2.59 bits per heavy atom. The fourth-order valence-electron chi connectivity index (χ4n) is 4.03. The fourth-order valence-corrected chi connectivity index (χ4v) is 4.77. The van der Waals surface area contributed by atoms with E-state index in [1.54, 1.807) is 17.4 Å². The van der Waals surface area contributed by atoms with Gasteiger partial charge in [-0.1, -0.05) is 43.3 Å². The van der Waals surface area contributed by atoms with Crippen LogP contribution in [0.4, 0.5) is 0 Å². The molecule has 0 spiro atoms. The second-order valence-corrected chi connectivity index (χ2v) is 8.62. The number of H-pyrrole nitrogens is 1. The average molecular weight is 442 g/mol. The van der Waals surface area contributed by atoms with Gasteiger partial charge in [-0.15, -0.1) is 11.3 Å². The third-order valence-electron chi connectivity index (χ3n) is 5.53. The van der Waals surface area contributed by atoms with E-state index in [2.05, 4.69) is 53.7 Å². The van der Waals surface area contributed by atoms with Crippen molar-refractivity contribution >= 4 is 22.1 Å². The molecule has 5 rings (SSSR count). The van der Waals surface area contributed by atoms with Crippen LogP contribution in [0.2, 0.25) is 0 Å². The molecular formula is C27H23NO3S. The lowest BCUT2D eigenvalue weighted by Gasteiger charge is -2.13. The molecule has 0 bridgehead atoms. The maximum Gasteiger partial charge on any atom is 0.158 e. The minimum atomic E-state index is -0.136. The summed E-state index contributed by atoms with van der Waals surface area (Å²) in [5, 5.41) is 24.2. The number of thiophene rings is 1. The molecule has 5 heteroatoms. The van der Waals surface area contributed by atoms with Gasteiger partial charge < -0.3 is 19.9 Å². The van der Waals surface area contributed by atoms with E-state index in [0.717, 1.165) is 55.8 Å². The second-order valence-electron chi connectivity index (χ2n) is 7.67. The van der Waals surface area contributed by atoms with Gasteiger partial charge in [0.25, 0.3) is 0 Å². The number of hydrogen-bond donors (Lipinski definition) is 3. The Kier molecular flexibility index (Phi) is 5.33. The van der Waals surface area contributed by atoms with Gasteiger partial charge in [0, 0.05) is 17.3 Å². The van der Waals surface area contributed by atoms with E-state index >= 15 is 0 Å². The number of aromatic amines is 1. The Morgan fingerprint density at radius 2 is 1.81 bits per heavy atom. The molecule has 0 atom stereocenters. The van der Waals surface area contributed by atoms with Crippen LogP contribution in [-0.2, 0) is 0 Å². The first-order valence-electron chi connectivity index (χ1n) is 10.6. The summed E-state index contributed by atoms with van der Waals surface area (Å²) in [6.07, 6.45) is 2.93. The van der Waals surface area contributed by atoms with Crippen LogP contribution in [-0.4, -0.2) is 21.8 Å². The van der Waals surface area contributed by atoms with Gasteiger partial charge >= 0.3 is 0 Å². The number of hydrogen-bond acceptors (Lipinski definition) is 4. The zero-order chi connectivity index (χ0) is 22.1. The Hall–Kier alpha value is -3.70. The smallest absolute Gasteiger partial charge is 0.158 e. The van der Waals surface area contributed by atoms with Crippen LogP contribution in [0.3, 0.4) is 0 Å². The Bertz CT molecular complexity index is 1390. The van der Waals surface area contributed by atoms with Crippen molar-refractivity contribution in [3.63, 3.8) is 0 Å². The van der Waals surface area contributed by atoms with Crippen molar-refractivity contribution in [2.45, 2.75) is 13.3 Å². The van der Waals surface area contributed by atoms with E-state index in [-0.39, 0.29) is 11.5 Å². The molecule has 0 saturated carbocycles. The number of aromatic hydroxyl groups is 2. The molecule has 0 amide bonds. The largest absolute Gasteiger partial charge is 0.504 e. The van der Waals surface area contributed by atoms with Crippen molar-refractivity contribution < 1.29 is 14.9 Å². The summed E-state index contributed by atoms with van der Waals surface area (Å²) in [6.45, 7) is 2.79. The van der Waals surface area contributed by atoms with Crippen LogP contribution in [0, 0.1) is 0 Å². The third-order valence-corrected chi connectivity index (χ3v) is 6.42. The van der Waals surface area contributed by atoms with E-state index in [4.69, 9.17) is 4.74 Å². The van der Waals surface area contributed by atoms with Gasteiger partial charge in [0.2, 0.25) is 0 Å². The molecule has 3 aromatic carbocycles. The van der Waals surface area contributed by atoms with Gasteiger partial charge in [-0.3, -0.25) is 0 Å². The Morgan fingerprint density at radius 1 is 0.906 bits per heavy atom. The minimum absolute atomic E-state index is 0.130. The number of fused-ring (bicyclic) bond motifs is 1. The first kappa shape index (κ1) is 20.2. The predicted octanol–water partition coefficient (Wildman–Crippen LogP) is 7.43. The van der Waals surface area contributed by atoms with Crippen LogP contribution < -0.4 is 4.74 Å². The number of phenols is 2. The van der Waals surface area contributed by atoms with E-state index in [9.17, 15) is 10.2 Å². The van der Waals surface area contributed by atoms with Gasteiger partial charge in [-0.2, -0.15) is 0 Å². The highest BCUT2D eigenvalue weighted by Gasteiger charge is 2.19. The zero-order valence-electron chi connectivity index (χ0n) is 17.6. The van der Waals surface area contributed by atoms with E-state index in [1.807, 2.05) is 24.4 Å². The number of phenolic OH excluding ortho intramolecular Hbond substituents is 2. The third kappa shape index (κ3) is 3.61. The lowest BCUT2D eigenvalue weighted by molar-refractivity contribution is 0.318. The molecule has 2 heterocycles. The van der Waals surface area contributed by atoms with Gasteiger partial charge in [-0.25, -0.2) is 0 Å². The number of aromatic nitrogens is 1. The summed E-state index contributed by atoms with van der Waals surface area (Å²) in [7, 11) is 0. The molecule has 5 aromatic rings. The monoisotopic (exact) mass is 441 g/mol. The highest BCUT2D eigenvalue weighted by molar-refractivity contribution is 7.13. The quantitative estimate of drug-likeness (QED) is 0.240. The molecule has 32 heavy (non-hydrogen) atoms. The minimum Gasteiger partial charge on any atom is -0.504 e. The van der Waals surface area contributed by atoms with E-state index in [1.165, 1.54) is 6.07 Å². The topological polar surface area (TPSA) is 65.5 Å². The molecule has 0 aliphatic carbocycles. The zero-order valence-corrected chi connectivity index (χ0v) is 18.4. The van der Waals surface area contributed by atoms with Crippen molar-refractivity contribution in [3.8, 4) is 50.1 Å². The molecule has 0 unspecified atom stereocenters. The molecule has 3 N–H and O–H groups in total. The van der Waals surface area contributed by atoms with Crippen LogP contribution in [0.25, 0.3) is 43.6 Å². The van der Waals surface area contributed by atoms with Crippen molar-refractivity contribution in [1.82, 2.24) is 4.98 Å². The van der Waals surface area contributed by atoms with Crippen LogP contribution in [0.15, 0.2) is 78.3 Å². The van der Waals surface area contributed by atoms with Crippen molar-refractivity contribution in [1.29, 1.82) is 0 Å². The van der Waals surface area contributed by atoms with Gasteiger partial charge in [-0.05, 0) is 64.0 Å². The Labute approximate surface area is 190 Å². The Balaban J connectivity index is 1.74. The normalized spacial score (nSPS) is 11.2. The number of ether oxygens (including phenoxy) is 1. The standard InChI is InChI=1S/C27H23NO3S/c1-2-12-31-19-9-10-20-17(14-19)5-3-6-21(20)26-22(18-8-11-23(29)24(30)15-18)16-28-27(26)25-7-4-13-32-25/h3-11,13-16,28-30H,2,12H2,1H3. The van der Waals surface area contributed by atoms with Crippen LogP contribution in [0.1, 0.15) is 13.3 Å². The molecular weight excluding hydrogens is 418 g/mol. The predicted molar refractivity (Wildman–Crippen MR) is 132 cm³/mol. The maximum atomic E-state index is 10.1. The first-order chi connectivity index (χ1) is 15.7. The van der Waals surface area contributed by atoms with Crippen molar-refractivity contribution in [2.24, 2.45) is 0 Å². The second kappa shape index (κ2) is 8.44. The highest BCUT2D eigenvalue weighted by atomic mass is 32.1. The summed E-state index contributed by atoms with van der Waals surface area (Å²) in [6, 6.07) is 21.6. The number of benzene rings is 3. The molecule has 0 saturated heterocycles. The molecule has 0 radical (unpaired) electrons. The lowest BCUT2D eigenvalue weighted by atomic mass is 9.92. The van der Waals surface area contributed by atoms with Gasteiger partial charge in [0.15, 0.2) is 11.5 Å².